The van der Waals surface area contributed by atoms with Crippen molar-refractivity contribution in [3.8, 4) is 5.75 Å². The minimum absolute atomic E-state index is 0.608. The summed E-state index contributed by atoms with van der Waals surface area (Å²) < 4.78 is 10.8. The molecule has 3 nitrogen and oxygen atoms in total. The van der Waals surface area contributed by atoms with Crippen molar-refractivity contribution < 1.29 is 9.47 Å². The normalized spacial score (nSPS) is 19.4. The van der Waals surface area contributed by atoms with Gasteiger partial charge in [-0.25, -0.2) is 0 Å². The maximum absolute atomic E-state index is 6.07. The van der Waals surface area contributed by atoms with Gasteiger partial charge in [-0.1, -0.05) is 24.1 Å². The lowest BCUT2D eigenvalue weighted by molar-refractivity contribution is 0.108. The van der Waals surface area contributed by atoms with Crippen molar-refractivity contribution in [2.75, 3.05) is 20.3 Å². The van der Waals surface area contributed by atoms with E-state index in [-0.39, 0.29) is 0 Å². The first-order valence-corrected chi connectivity index (χ1v) is 7.31. The molecule has 19 heavy (non-hydrogen) atoms. The van der Waals surface area contributed by atoms with Crippen molar-refractivity contribution in [3.63, 3.8) is 0 Å². The highest BCUT2D eigenvalue weighted by molar-refractivity contribution is 6.32. The molecule has 0 aromatic heterocycles. The van der Waals surface area contributed by atoms with Crippen molar-refractivity contribution in [2.45, 2.75) is 38.3 Å². The van der Waals surface area contributed by atoms with Gasteiger partial charge in [0.1, 0.15) is 5.75 Å². The Kier molecular flexibility index (Phi) is 5.95. The fraction of sp³-hybridized carbons (Fsp3) is 0.600. The second-order valence-electron chi connectivity index (χ2n) is 4.96. The molecule has 0 saturated carbocycles. The summed E-state index contributed by atoms with van der Waals surface area (Å²) in [5.74, 6) is 0.705. The van der Waals surface area contributed by atoms with E-state index in [2.05, 4.69) is 5.32 Å². The zero-order chi connectivity index (χ0) is 13.5. The number of benzene rings is 1. The molecule has 1 unspecified atom stereocenters. The number of hydrogen-bond donors (Lipinski definition) is 1. The zero-order valence-corrected chi connectivity index (χ0v) is 12.2. The summed E-state index contributed by atoms with van der Waals surface area (Å²) in [6.45, 7) is 2.55. The predicted molar refractivity (Wildman–Crippen MR) is 77.9 cm³/mol. The summed E-state index contributed by atoms with van der Waals surface area (Å²) in [6, 6.07) is 6.40. The fourth-order valence-corrected chi connectivity index (χ4v) is 2.67. The van der Waals surface area contributed by atoms with Crippen LogP contribution in [0.2, 0.25) is 5.02 Å². The largest absolute Gasteiger partial charge is 0.495 e. The van der Waals surface area contributed by atoms with Crippen LogP contribution < -0.4 is 10.1 Å². The second-order valence-corrected chi connectivity index (χ2v) is 5.36. The van der Waals surface area contributed by atoms with Crippen molar-refractivity contribution in [1.29, 1.82) is 0 Å². The van der Waals surface area contributed by atoms with Crippen LogP contribution in [0.25, 0.3) is 0 Å². The molecule has 1 aromatic rings. The number of piperidine rings is 1. The number of rotatable bonds is 6. The number of methoxy groups -OCH3 is 1. The van der Waals surface area contributed by atoms with Crippen molar-refractivity contribution in [3.05, 3.63) is 28.8 Å². The van der Waals surface area contributed by atoms with E-state index < -0.39 is 0 Å². The van der Waals surface area contributed by atoms with Gasteiger partial charge >= 0.3 is 0 Å². The van der Waals surface area contributed by atoms with Gasteiger partial charge < -0.3 is 14.8 Å². The summed E-state index contributed by atoms with van der Waals surface area (Å²) in [4.78, 5) is 0. The van der Waals surface area contributed by atoms with E-state index >= 15 is 0 Å². The van der Waals surface area contributed by atoms with Crippen LogP contribution in [-0.4, -0.2) is 26.3 Å². The standard InChI is InChI=1S/C15H22ClNO2/c1-18-15-6-5-12(10-14(15)16)11-19-9-7-13-4-2-3-8-17-13/h5-6,10,13,17H,2-4,7-9,11H2,1H3. The number of nitrogens with one attached hydrogen (secondary N) is 1. The average Bonchev–Trinajstić information content (AvgIpc) is 2.45. The maximum atomic E-state index is 6.07. The van der Waals surface area contributed by atoms with Crippen LogP contribution in [0.3, 0.4) is 0 Å². The van der Waals surface area contributed by atoms with E-state index in [4.69, 9.17) is 21.1 Å². The second kappa shape index (κ2) is 7.73. The molecule has 0 aliphatic carbocycles. The fourth-order valence-electron chi connectivity index (χ4n) is 2.39. The van der Waals surface area contributed by atoms with Crippen molar-refractivity contribution in [2.24, 2.45) is 0 Å². The van der Waals surface area contributed by atoms with Crippen LogP contribution in [-0.2, 0) is 11.3 Å². The van der Waals surface area contributed by atoms with E-state index in [0.29, 0.717) is 23.4 Å². The molecule has 1 fully saturated rings. The van der Waals surface area contributed by atoms with E-state index in [1.807, 2.05) is 18.2 Å². The van der Waals surface area contributed by atoms with Gasteiger partial charge in [-0.15, -0.1) is 0 Å². The molecule has 0 radical (unpaired) electrons. The molecule has 0 spiro atoms. The Morgan fingerprint density at radius 1 is 1.37 bits per heavy atom. The van der Waals surface area contributed by atoms with E-state index in [9.17, 15) is 0 Å². The lowest BCUT2D eigenvalue weighted by atomic mass is 10.0. The lowest BCUT2D eigenvalue weighted by Gasteiger charge is -2.23. The molecule has 1 aliphatic rings. The highest BCUT2D eigenvalue weighted by atomic mass is 35.5. The molecular formula is C15H22ClNO2. The first-order valence-electron chi connectivity index (χ1n) is 6.93. The summed E-state index contributed by atoms with van der Waals surface area (Å²) >= 11 is 6.07. The van der Waals surface area contributed by atoms with Gasteiger partial charge in [0.15, 0.2) is 0 Å². The Labute approximate surface area is 120 Å². The molecule has 106 valence electrons. The van der Waals surface area contributed by atoms with Gasteiger partial charge in [-0.2, -0.15) is 0 Å². The molecule has 1 N–H and O–H groups in total. The van der Waals surface area contributed by atoms with Crippen LogP contribution in [0.5, 0.6) is 5.75 Å². The third-order valence-electron chi connectivity index (χ3n) is 3.51. The smallest absolute Gasteiger partial charge is 0.137 e. The molecule has 0 bridgehead atoms. The summed E-state index contributed by atoms with van der Waals surface area (Å²) in [7, 11) is 1.62. The Bertz CT molecular complexity index is 392. The van der Waals surface area contributed by atoms with Gasteiger partial charge in [0.2, 0.25) is 0 Å². The van der Waals surface area contributed by atoms with E-state index in [1.165, 1.54) is 19.3 Å². The first kappa shape index (κ1) is 14.6. The molecule has 4 heteroatoms. The molecule has 1 heterocycles. The highest BCUT2D eigenvalue weighted by Gasteiger charge is 2.11. The molecule has 1 aromatic carbocycles. The van der Waals surface area contributed by atoms with Gasteiger partial charge in [-0.05, 0) is 43.5 Å². The molecule has 1 saturated heterocycles. The number of halogens is 1. The van der Waals surface area contributed by atoms with Crippen LogP contribution in [0.15, 0.2) is 18.2 Å². The summed E-state index contributed by atoms with van der Waals surface area (Å²) in [5.41, 5.74) is 1.09. The van der Waals surface area contributed by atoms with Gasteiger partial charge in [0.05, 0.1) is 18.7 Å². The van der Waals surface area contributed by atoms with Gasteiger partial charge in [0.25, 0.3) is 0 Å². The molecular weight excluding hydrogens is 262 g/mol. The number of hydrogen-bond acceptors (Lipinski definition) is 3. The molecule has 1 aliphatic heterocycles. The average molecular weight is 284 g/mol. The Morgan fingerprint density at radius 3 is 2.95 bits per heavy atom. The minimum Gasteiger partial charge on any atom is -0.495 e. The van der Waals surface area contributed by atoms with Crippen LogP contribution >= 0.6 is 11.6 Å². The highest BCUT2D eigenvalue weighted by Crippen LogP contribution is 2.25. The SMILES string of the molecule is COc1ccc(COCCC2CCCCN2)cc1Cl. The zero-order valence-electron chi connectivity index (χ0n) is 11.5. The Hall–Kier alpha value is -0.770. The lowest BCUT2D eigenvalue weighted by Crippen LogP contribution is -2.34. The van der Waals surface area contributed by atoms with Crippen molar-refractivity contribution >= 4 is 11.6 Å². The van der Waals surface area contributed by atoms with Crippen LogP contribution in [0.1, 0.15) is 31.2 Å². The van der Waals surface area contributed by atoms with Gasteiger partial charge in [0, 0.05) is 12.6 Å². The van der Waals surface area contributed by atoms with Crippen LogP contribution in [0, 0.1) is 0 Å². The monoisotopic (exact) mass is 283 g/mol. The minimum atomic E-state index is 0.608. The van der Waals surface area contributed by atoms with E-state index in [1.54, 1.807) is 7.11 Å². The Morgan fingerprint density at radius 2 is 2.26 bits per heavy atom. The number of ether oxygens (including phenoxy) is 2. The quantitative estimate of drug-likeness (QED) is 0.812. The van der Waals surface area contributed by atoms with Gasteiger partial charge in [-0.3, -0.25) is 0 Å². The Balaban J connectivity index is 1.69. The third-order valence-corrected chi connectivity index (χ3v) is 3.80. The topological polar surface area (TPSA) is 30.5 Å². The molecule has 1 atom stereocenters. The maximum Gasteiger partial charge on any atom is 0.137 e. The summed E-state index contributed by atoms with van der Waals surface area (Å²) in [6.07, 6.45) is 5.01. The third kappa shape index (κ3) is 4.68. The molecule has 0 amide bonds. The van der Waals surface area contributed by atoms with Crippen molar-refractivity contribution in [1.82, 2.24) is 5.32 Å². The van der Waals surface area contributed by atoms with E-state index in [0.717, 1.165) is 25.1 Å². The summed E-state index contributed by atoms with van der Waals surface area (Å²) in [5, 5.41) is 4.16. The predicted octanol–water partition coefficient (Wildman–Crippen LogP) is 3.40. The van der Waals surface area contributed by atoms with Crippen LogP contribution in [0.4, 0.5) is 0 Å². The first-order chi connectivity index (χ1) is 9.29. The molecule has 2 rings (SSSR count).